The van der Waals surface area contributed by atoms with Crippen LogP contribution in [-0.4, -0.2) is 45.1 Å². The number of Topliss-reactive ketones (excluding diaryl/α,β-unsaturated/α-hetero) is 1. The average molecular weight is 324 g/mol. The predicted octanol–water partition coefficient (Wildman–Crippen LogP) is -1.06. The van der Waals surface area contributed by atoms with Gasteiger partial charge in [-0.3, -0.25) is 4.79 Å². The van der Waals surface area contributed by atoms with Gasteiger partial charge in [-0.25, -0.2) is 0 Å². The van der Waals surface area contributed by atoms with Crippen molar-refractivity contribution in [2.45, 2.75) is 0 Å². The molecule has 4 nitrogen and oxygen atoms in total. The number of rotatable bonds is 4. The summed E-state index contributed by atoms with van der Waals surface area (Å²) >= 11 is 3.37. The Bertz CT molecular complexity index is 472. The number of piperazine rings is 1. The first-order valence-corrected chi connectivity index (χ1v) is 7.31. The fraction of sp³-hybridized carbons (Fsp3) is 0.429. The number of ketones is 1. The highest BCUT2D eigenvalue weighted by molar-refractivity contribution is 9.10. The maximum Gasteiger partial charge on any atom is 0.216 e. The van der Waals surface area contributed by atoms with Gasteiger partial charge in [-0.2, -0.15) is 5.26 Å². The molecule has 5 heteroatoms. The minimum absolute atomic E-state index is 0.200. The van der Waals surface area contributed by atoms with E-state index in [1.165, 1.54) is 9.80 Å². The van der Waals surface area contributed by atoms with E-state index in [1.54, 1.807) is 0 Å². The van der Waals surface area contributed by atoms with Crippen molar-refractivity contribution >= 4 is 21.7 Å². The van der Waals surface area contributed by atoms with Crippen molar-refractivity contribution in [1.82, 2.24) is 0 Å². The number of hydrogen-bond donors (Lipinski definition) is 2. The van der Waals surface area contributed by atoms with Gasteiger partial charge in [-0.1, -0.05) is 28.1 Å². The summed E-state index contributed by atoms with van der Waals surface area (Å²) in [5, 5.41) is 8.67. The van der Waals surface area contributed by atoms with Crippen molar-refractivity contribution in [2.75, 3.05) is 39.3 Å². The SMILES string of the molecule is N#CC[NH+]1CC[NH+](CC(=O)c2ccc(Br)cc2)CC1. The number of hydrogen-bond acceptors (Lipinski definition) is 2. The Morgan fingerprint density at radius 3 is 2.32 bits per heavy atom. The van der Waals surface area contributed by atoms with Crippen LogP contribution in [-0.2, 0) is 0 Å². The number of carbonyl (C=O) groups is 1. The van der Waals surface area contributed by atoms with Crippen molar-refractivity contribution in [1.29, 1.82) is 5.26 Å². The second-order valence-electron chi connectivity index (χ2n) is 4.94. The topological polar surface area (TPSA) is 49.7 Å². The lowest BCUT2D eigenvalue weighted by atomic mass is 10.1. The number of benzene rings is 1. The molecule has 1 saturated heterocycles. The maximum absolute atomic E-state index is 12.1. The Balaban J connectivity index is 1.84. The van der Waals surface area contributed by atoms with E-state index in [0.717, 1.165) is 36.2 Å². The van der Waals surface area contributed by atoms with Gasteiger partial charge in [0.25, 0.3) is 0 Å². The molecular formula is C14H18BrN3O+2. The number of nitrogens with one attached hydrogen (secondary N) is 2. The van der Waals surface area contributed by atoms with Crippen LogP contribution in [0.15, 0.2) is 28.7 Å². The Morgan fingerprint density at radius 2 is 1.74 bits per heavy atom. The molecule has 100 valence electrons. The van der Waals surface area contributed by atoms with Crippen LogP contribution >= 0.6 is 15.9 Å². The van der Waals surface area contributed by atoms with Gasteiger partial charge in [0.2, 0.25) is 5.78 Å². The number of quaternary nitrogens is 2. The highest BCUT2D eigenvalue weighted by atomic mass is 79.9. The molecule has 2 rings (SSSR count). The van der Waals surface area contributed by atoms with Crippen molar-refractivity contribution in [3.8, 4) is 6.07 Å². The molecule has 0 spiro atoms. The zero-order chi connectivity index (χ0) is 13.7. The van der Waals surface area contributed by atoms with Gasteiger partial charge in [-0.15, -0.1) is 0 Å². The molecule has 1 aromatic carbocycles. The van der Waals surface area contributed by atoms with Gasteiger partial charge < -0.3 is 9.80 Å². The highest BCUT2D eigenvalue weighted by Crippen LogP contribution is 2.10. The number of nitriles is 1. The summed E-state index contributed by atoms with van der Waals surface area (Å²) < 4.78 is 0.991. The standard InChI is InChI=1S/C14H16BrN3O/c15-13-3-1-12(2-4-13)14(19)11-18-9-7-17(6-5-16)8-10-18/h1-4H,6-11H2/p+2. The summed E-state index contributed by atoms with van der Waals surface area (Å²) in [4.78, 5) is 14.8. The lowest BCUT2D eigenvalue weighted by Gasteiger charge is -2.27. The number of halogens is 1. The first-order chi connectivity index (χ1) is 9.19. The molecule has 0 atom stereocenters. The quantitative estimate of drug-likeness (QED) is 0.548. The molecule has 0 aromatic heterocycles. The van der Waals surface area contributed by atoms with E-state index in [9.17, 15) is 4.79 Å². The Labute approximate surface area is 121 Å². The molecule has 0 saturated carbocycles. The molecule has 1 fully saturated rings. The Morgan fingerprint density at radius 1 is 1.16 bits per heavy atom. The predicted molar refractivity (Wildman–Crippen MR) is 75.2 cm³/mol. The Hall–Kier alpha value is -1.22. The molecule has 1 aromatic rings. The second kappa shape index (κ2) is 6.80. The smallest absolute Gasteiger partial charge is 0.216 e. The van der Waals surface area contributed by atoms with Gasteiger partial charge in [0, 0.05) is 10.0 Å². The van der Waals surface area contributed by atoms with Gasteiger partial charge >= 0.3 is 0 Å². The van der Waals surface area contributed by atoms with E-state index in [1.807, 2.05) is 24.3 Å². The van der Waals surface area contributed by atoms with Crippen molar-refractivity contribution in [3.63, 3.8) is 0 Å². The lowest BCUT2D eigenvalue weighted by molar-refractivity contribution is -1.01. The first-order valence-electron chi connectivity index (χ1n) is 6.52. The van der Waals surface area contributed by atoms with Crippen LogP contribution in [0.4, 0.5) is 0 Å². The van der Waals surface area contributed by atoms with Crippen molar-refractivity contribution in [3.05, 3.63) is 34.3 Å². The maximum atomic E-state index is 12.1. The van der Waals surface area contributed by atoms with Crippen molar-refractivity contribution in [2.24, 2.45) is 0 Å². The second-order valence-corrected chi connectivity index (χ2v) is 5.86. The van der Waals surface area contributed by atoms with E-state index in [0.29, 0.717) is 13.1 Å². The summed E-state index contributed by atoms with van der Waals surface area (Å²) in [6.45, 7) is 5.04. The zero-order valence-electron chi connectivity index (χ0n) is 10.8. The Kier molecular flexibility index (Phi) is 5.08. The molecule has 1 heterocycles. The van der Waals surface area contributed by atoms with E-state index in [2.05, 4.69) is 22.0 Å². The fourth-order valence-corrected chi connectivity index (χ4v) is 2.65. The van der Waals surface area contributed by atoms with Crippen LogP contribution in [0.1, 0.15) is 10.4 Å². The van der Waals surface area contributed by atoms with Gasteiger partial charge in [0.1, 0.15) is 38.8 Å². The third kappa shape index (κ3) is 4.13. The number of nitrogens with zero attached hydrogens (tertiary/aromatic N) is 1. The fourth-order valence-electron chi connectivity index (χ4n) is 2.39. The average Bonchev–Trinajstić information content (AvgIpc) is 2.42. The van der Waals surface area contributed by atoms with E-state index in [-0.39, 0.29) is 5.78 Å². The monoisotopic (exact) mass is 323 g/mol. The minimum Gasteiger partial charge on any atom is -0.319 e. The summed E-state index contributed by atoms with van der Waals surface area (Å²) in [6, 6.07) is 9.74. The summed E-state index contributed by atoms with van der Waals surface area (Å²) in [5.74, 6) is 0.200. The van der Waals surface area contributed by atoms with Crippen LogP contribution in [0, 0.1) is 11.3 Å². The third-order valence-electron chi connectivity index (χ3n) is 3.57. The zero-order valence-corrected chi connectivity index (χ0v) is 12.4. The minimum atomic E-state index is 0.200. The molecule has 0 amide bonds. The molecule has 19 heavy (non-hydrogen) atoms. The van der Waals surface area contributed by atoms with E-state index >= 15 is 0 Å². The largest absolute Gasteiger partial charge is 0.319 e. The number of carbonyl (C=O) groups excluding carboxylic acids is 1. The normalized spacial score (nSPS) is 22.7. The molecule has 1 aliphatic rings. The molecule has 0 radical (unpaired) electrons. The van der Waals surface area contributed by atoms with Crippen LogP contribution in [0.5, 0.6) is 0 Å². The molecule has 0 unspecified atom stereocenters. The van der Waals surface area contributed by atoms with Crippen molar-refractivity contribution < 1.29 is 14.6 Å². The van der Waals surface area contributed by atoms with Gasteiger partial charge in [0.15, 0.2) is 6.54 Å². The molecule has 0 bridgehead atoms. The van der Waals surface area contributed by atoms with Gasteiger partial charge in [0.05, 0.1) is 0 Å². The van der Waals surface area contributed by atoms with Crippen LogP contribution in [0.2, 0.25) is 0 Å². The van der Waals surface area contributed by atoms with Crippen LogP contribution < -0.4 is 9.80 Å². The highest BCUT2D eigenvalue weighted by Gasteiger charge is 2.24. The molecular weight excluding hydrogens is 306 g/mol. The summed E-state index contributed by atoms with van der Waals surface area (Å²) in [6.07, 6.45) is 0. The lowest BCUT2D eigenvalue weighted by Crippen LogP contribution is -3.28. The molecule has 1 aliphatic heterocycles. The summed E-state index contributed by atoms with van der Waals surface area (Å²) in [7, 11) is 0. The van der Waals surface area contributed by atoms with E-state index < -0.39 is 0 Å². The molecule has 0 aliphatic carbocycles. The van der Waals surface area contributed by atoms with Gasteiger partial charge in [-0.05, 0) is 12.1 Å². The summed E-state index contributed by atoms with van der Waals surface area (Å²) in [5.41, 5.74) is 0.780. The third-order valence-corrected chi connectivity index (χ3v) is 4.10. The van der Waals surface area contributed by atoms with Crippen LogP contribution in [0.3, 0.4) is 0 Å². The first kappa shape index (κ1) is 14.2. The molecule has 2 N–H and O–H groups in total. The van der Waals surface area contributed by atoms with E-state index in [4.69, 9.17) is 5.26 Å². The van der Waals surface area contributed by atoms with Crippen LogP contribution in [0.25, 0.3) is 0 Å².